The molecule has 0 aliphatic heterocycles. The minimum absolute atomic E-state index is 0.561. The summed E-state index contributed by atoms with van der Waals surface area (Å²) in [4.78, 5) is 9.71. The minimum atomic E-state index is 0.561. The van der Waals surface area contributed by atoms with Crippen LogP contribution in [0.2, 0.25) is 0 Å². The van der Waals surface area contributed by atoms with Gasteiger partial charge < -0.3 is 5.32 Å². The number of thiazole rings is 1. The number of benzene rings is 1. The maximum atomic E-state index is 9.25. The van der Waals surface area contributed by atoms with Gasteiger partial charge in [0.2, 0.25) is 0 Å². The van der Waals surface area contributed by atoms with Gasteiger partial charge in [0.05, 0.1) is 34.5 Å². The number of aromatic nitrogens is 2. The summed E-state index contributed by atoms with van der Waals surface area (Å²) in [5, 5.41) is 13.6. The van der Waals surface area contributed by atoms with E-state index >= 15 is 0 Å². The molecule has 20 heavy (non-hydrogen) atoms. The first-order valence-electron chi connectivity index (χ1n) is 6.20. The van der Waals surface area contributed by atoms with Crippen LogP contribution in [0, 0.1) is 18.3 Å². The zero-order valence-corrected chi connectivity index (χ0v) is 11.7. The van der Waals surface area contributed by atoms with Crippen LogP contribution < -0.4 is 5.32 Å². The lowest BCUT2D eigenvalue weighted by Gasteiger charge is -2.10. The number of rotatable bonds is 3. The third-order valence-corrected chi connectivity index (χ3v) is 4.10. The Hall–Kier alpha value is -2.45. The molecule has 0 bridgehead atoms. The fourth-order valence-corrected chi connectivity index (χ4v) is 2.80. The number of pyridine rings is 1. The van der Waals surface area contributed by atoms with Crippen molar-refractivity contribution in [3.05, 3.63) is 52.1 Å². The van der Waals surface area contributed by atoms with Gasteiger partial charge in [0, 0.05) is 16.5 Å². The fourth-order valence-electron chi connectivity index (χ4n) is 2.08. The van der Waals surface area contributed by atoms with Gasteiger partial charge in [-0.15, -0.1) is 11.3 Å². The fraction of sp³-hybridized carbons (Fsp3) is 0.133. The van der Waals surface area contributed by atoms with Gasteiger partial charge in [-0.2, -0.15) is 5.26 Å². The quantitative estimate of drug-likeness (QED) is 0.797. The first-order chi connectivity index (χ1) is 9.79. The number of nitrogens with one attached hydrogen (secondary N) is 1. The molecule has 0 amide bonds. The zero-order valence-electron chi connectivity index (χ0n) is 10.9. The van der Waals surface area contributed by atoms with E-state index in [2.05, 4.69) is 21.4 Å². The van der Waals surface area contributed by atoms with Crippen molar-refractivity contribution < 1.29 is 0 Å². The first kappa shape index (κ1) is 12.6. The highest BCUT2D eigenvalue weighted by Gasteiger charge is 2.09. The van der Waals surface area contributed by atoms with Crippen LogP contribution in [0.5, 0.6) is 0 Å². The first-order valence-corrected chi connectivity index (χ1v) is 7.08. The van der Waals surface area contributed by atoms with Crippen molar-refractivity contribution in [1.82, 2.24) is 9.97 Å². The van der Waals surface area contributed by atoms with E-state index in [0.717, 1.165) is 22.3 Å². The van der Waals surface area contributed by atoms with E-state index in [1.807, 2.05) is 36.7 Å². The van der Waals surface area contributed by atoms with Gasteiger partial charge in [-0.05, 0) is 13.0 Å². The summed E-state index contributed by atoms with van der Waals surface area (Å²) in [5.74, 6) is 0. The summed E-state index contributed by atoms with van der Waals surface area (Å²) < 4.78 is 0. The molecule has 2 aromatic heterocycles. The highest BCUT2D eigenvalue weighted by Crippen LogP contribution is 2.26. The Labute approximate surface area is 120 Å². The normalized spacial score (nSPS) is 10.4. The predicted molar refractivity (Wildman–Crippen MR) is 80.6 cm³/mol. The molecule has 5 heteroatoms. The minimum Gasteiger partial charge on any atom is -0.378 e. The highest BCUT2D eigenvalue weighted by atomic mass is 32.1. The van der Waals surface area contributed by atoms with E-state index in [9.17, 15) is 5.26 Å². The number of nitriles is 1. The van der Waals surface area contributed by atoms with Crippen LogP contribution in [0.15, 0.2) is 36.0 Å². The average molecular weight is 280 g/mol. The van der Waals surface area contributed by atoms with E-state index in [-0.39, 0.29) is 0 Å². The molecule has 98 valence electrons. The molecular weight excluding hydrogens is 268 g/mol. The molecule has 1 aromatic carbocycles. The van der Waals surface area contributed by atoms with Crippen molar-refractivity contribution in [2.24, 2.45) is 0 Å². The molecule has 1 N–H and O–H groups in total. The monoisotopic (exact) mass is 280 g/mol. The molecule has 2 heterocycles. The summed E-state index contributed by atoms with van der Waals surface area (Å²) >= 11 is 1.62. The lowest BCUT2D eigenvalue weighted by atomic mass is 10.1. The van der Waals surface area contributed by atoms with Gasteiger partial charge in [0.25, 0.3) is 0 Å². The summed E-state index contributed by atoms with van der Waals surface area (Å²) in [6.07, 6.45) is 1.62. The SMILES string of the molecule is Cc1ncsc1CNc1c(C#N)cnc2ccccc12. The molecule has 3 aromatic rings. The number of anilines is 1. The lowest BCUT2D eigenvalue weighted by Crippen LogP contribution is -2.02. The largest absolute Gasteiger partial charge is 0.378 e. The molecule has 0 unspecified atom stereocenters. The Morgan fingerprint density at radius 2 is 2.15 bits per heavy atom. The Balaban J connectivity index is 2.01. The van der Waals surface area contributed by atoms with Crippen LogP contribution in [0.4, 0.5) is 5.69 Å². The Morgan fingerprint density at radius 1 is 1.30 bits per heavy atom. The molecule has 0 saturated heterocycles. The maximum absolute atomic E-state index is 9.25. The molecule has 4 nitrogen and oxygen atoms in total. The van der Waals surface area contributed by atoms with Crippen LogP contribution in [0.1, 0.15) is 16.1 Å². The standard InChI is InChI=1S/C15H12N4S/c1-10-14(20-9-19-10)8-18-15-11(6-16)7-17-13-5-3-2-4-12(13)15/h2-5,7,9H,8H2,1H3,(H,17,18). The average Bonchev–Trinajstić information content (AvgIpc) is 2.90. The number of hydrogen-bond acceptors (Lipinski definition) is 5. The highest BCUT2D eigenvalue weighted by molar-refractivity contribution is 7.09. The molecule has 0 fully saturated rings. The third-order valence-electron chi connectivity index (χ3n) is 3.17. The van der Waals surface area contributed by atoms with Crippen LogP contribution in [0.3, 0.4) is 0 Å². The smallest absolute Gasteiger partial charge is 0.103 e. The van der Waals surface area contributed by atoms with Gasteiger partial charge in [0.1, 0.15) is 6.07 Å². The summed E-state index contributed by atoms with van der Waals surface area (Å²) in [6, 6.07) is 10.0. The summed E-state index contributed by atoms with van der Waals surface area (Å²) in [6.45, 7) is 2.66. The summed E-state index contributed by atoms with van der Waals surface area (Å²) in [7, 11) is 0. The Kier molecular flexibility index (Phi) is 3.32. The van der Waals surface area contributed by atoms with Crippen LogP contribution in [-0.2, 0) is 6.54 Å². The van der Waals surface area contributed by atoms with Crippen molar-refractivity contribution in [2.45, 2.75) is 13.5 Å². The second-order valence-corrected chi connectivity index (χ2v) is 5.33. The van der Waals surface area contributed by atoms with E-state index in [4.69, 9.17) is 0 Å². The van der Waals surface area contributed by atoms with Crippen LogP contribution in [0.25, 0.3) is 10.9 Å². The predicted octanol–water partition coefficient (Wildman–Crippen LogP) is 3.48. The molecule has 0 radical (unpaired) electrons. The Bertz CT molecular complexity index is 801. The van der Waals surface area contributed by atoms with E-state index < -0.39 is 0 Å². The molecule has 0 aliphatic rings. The second kappa shape index (κ2) is 5.27. The molecule has 0 spiro atoms. The van der Waals surface area contributed by atoms with Crippen LogP contribution in [-0.4, -0.2) is 9.97 Å². The van der Waals surface area contributed by atoms with Gasteiger partial charge in [-0.1, -0.05) is 18.2 Å². The van der Waals surface area contributed by atoms with Crippen molar-refractivity contribution in [1.29, 1.82) is 5.26 Å². The summed E-state index contributed by atoms with van der Waals surface area (Å²) in [5.41, 5.74) is 5.15. The van der Waals surface area contributed by atoms with Gasteiger partial charge in [-0.25, -0.2) is 4.98 Å². The number of nitrogens with zero attached hydrogens (tertiary/aromatic N) is 3. The number of para-hydroxylation sites is 1. The molecular formula is C15H12N4S. The van der Waals surface area contributed by atoms with Crippen molar-refractivity contribution >= 4 is 27.9 Å². The van der Waals surface area contributed by atoms with Crippen molar-refractivity contribution in [2.75, 3.05) is 5.32 Å². The van der Waals surface area contributed by atoms with E-state index in [0.29, 0.717) is 12.1 Å². The molecule has 0 atom stereocenters. The third kappa shape index (κ3) is 2.22. The molecule has 0 aliphatic carbocycles. The molecule has 0 saturated carbocycles. The van der Waals surface area contributed by atoms with Crippen LogP contribution >= 0.6 is 11.3 Å². The number of fused-ring (bicyclic) bond motifs is 1. The van der Waals surface area contributed by atoms with Crippen molar-refractivity contribution in [3.63, 3.8) is 0 Å². The number of hydrogen-bond donors (Lipinski definition) is 1. The van der Waals surface area contributed by atoms with Crippen molar-refractivity contribution in [3.8, 4) is 6.07 Å². The second-order valence-electron chi connectivity index (χ2n) is 4.39. The maximum Gasteiger partial charge on any atom is 0.103 e. The van der Waals surface area contributed by atoms with Gasteiger partial charge >= 0.3 is 0 Å². The topological polar surface area (TPSA) is 61.6 Å². The molecule has 3 rings (SSSR count). The zero-order chi connectivity index (χ0) is 13.9. The van der Waals surface area contributed by atoms with E-state index in [1.54, 1.807) is 17.5 Å². The lowest BCUT2D eigenvalue weighted by molar-refractivity contribution is 1.12. The van der Waals surface area contributed by atoms with Gasteiger partial charge in [0.15, 0.2) is 0 Å². The Morgan fingerprint density at radius 3 is 2.90 bits per heavy atom. The number of aryl methyl sites for hydroxylation is 1. The van der Waals surface area contributed by atoms with Gasteiger partial charge in [-0.3, -0.25) is 4.98 Å². The van der Waals surface area contributed by atoms with E-state index in [1.165, 1.54) is 4.88 Å².